The molecule has 4 N–H and O–H groups in total. The van der Waals surface area contributed by atoms with Gasteiger partial charge in [-0.25, -0.2) is 9.59 Å². The molecule has 2 rings (SSSR count). The van der Waals surface area contributed by atoms with E-state index in [0.717, 1.165) is 21.8 Å². The fourth-order valence-corrected chi connectivity index (χ4v) is 4.55. The van der Waals surface area contributed by atoms with Gasteiger partial charge in [0.1, 0.15) is 5.78 Å². The van der Waals surface area contributed by atoms with Crippen LogP contribution in [0.25, 0.3) is 0 Å². The molecule has 5 amide bonds. The molecule has 2 aromatic carbocycles. The average molecular weight is 712 g/mol. The van der Waals surface area contributed by atoms with Gasteiger partial charge in [0, 0.05) is 53.4 Å². The van der Waals surface area contributed by atoms with Crippen molar-refractivity contribution in [2.45, 2.75) is 47.5 Å². The Morgan fingerprint density at radius 3 is 1.36 bits per heavy atom. The van der Waals surface area contributed by atoms with Gasteiger partial charge >= 0.3 is 12.1 Å². The van der Waals surface area contributed by atoms with Crippen molar-refractivity contribution in [1.82, 2.24) is 15.5 Å². The maximum absolute atomic E-state index is 12.1. The number of hydrogen-bond donors (Lipinski definition) is 4. The zero-order valence-corrected chi connectivity index (χ0v) is 28.8. The number of carbonyl (C=O) groups is 4. The molecule has 232 valence electrons. The van der Waals surface area contributed by atoms with Crippen LogP contribution in [0.3, 0.4) is 0 Å². The topological polar surface area (TPSA) is 120 Å². The van der Waals surface area contributed by atoms with E-state index in [4.69, 9.17) is 0 Å². The van der Waals surface area contributed by atoms with Crippen molar-refractivity contribution >= 4 is 67.0 Å². The molecule has 0 aliphatic rings. The lowest BCUT2D eigenvalue weighted by Crippen LogP contribution is -2.40. The van der Waals surface area contributed by atoms with E-state index in [1.54, 1.807) is 50.2 Å². The molecule has 0 aliphatic carbocycles. The number of anilines is 2. The Morgan fingerprint density at radius 2 is 1.02 bits per heavy atom. The summed E-state index contributed by atoms with van der Waals surface area (Å²) in [5.41, 5.74) is 1.42. The van der Waals surface area contributed by atoms with E-state index in [1.807, 2.05) is 24.3 Å². The number of urea groups is 2. The summed E-state index contributed by atoms with van der Waals surface area (Å²) >= 11 is 6.68. The van der Waals surface area contributed by atoms with Gasteiger partial charge in [0.05, 0.1) is 5.92 Å². The van der Waals surface area contributed by atoms with E-state index in [2.05, 4.69) is 80.8 Å². The Morgan fingerprint density at radius 1 is 0.667 bits per heavy atom. The fourth-order valence-electron chi connectivity index (χ4n) is 4.02. The van der Waals surface area contributed by atoms with Crippen molar-refractivity contribution in [3.63, 3.8) is 0 Å². The minimum atomic E-state index is -0.303. The highest BCUT2D eigenvalue weighted by Crippen LogP contribution is 2.16. The molecule has 9 nitrogen and oxygen atoms in total. The van der Waals surface area contributed by atoms with Crippen molar-refractivity contribution in [3.05, 3.63) is 57.5 Å². The molecule has 2 atom stereocenters. The average Bonchev–Trinajstić information content (AvgIpc) is 2.91. The summed E-state index contributed by atoms with van der Waals surface area (Å²) in [6, 6.07) is 14.0. The molecular weight excluding hydrogens is 666 g/mol. The van der Waals surface area contributed by atoms with Crippen LogP contribution in [0.1, 0.15) is 47.5 Å². The highest BCUT2D eigenvalue weighted by atomic mass is 79.9. The van der Waals surface area contributed by atoms with Crippen LogP contribution in [-0.2, 0) is 9.59 Å². The SMILES string of the molecule is CC(=O)C(CNC(=O)Nc1ccc(Br)cc1)CC(C)C.CC(C)CC(CNC(=O)Nc1ccc(Br)cc1)C(=O)N(C)C. The summed E-state index contributed by atoms with van der Waals surface area (Å²) in [7, 11) is 3.47. The van der Waals surface area contributed by atoms with Crippen LogP contribution in [0.15, 0.2) is 57.5 Å². The lowest BCUT2D eigenvalue weighted by molar-refractivity contribution is -0.133. The van der Waals surface area contributed by atoms with Crippen molar-refractivity contribution < 1.29 is 19.2 Å². The van der Waals surface area contributed by atoms with Crippen LogP contribution in [0, 0.1) is 23.7 Å². The molecular formula is C31H45Br2N5O4. The Hall–Kier alpha value is -2.92. The predicted octanol–water partition coefficient (Wildman–Crippen LogP) is 7.14. The molecule has 2 unspecified atom stereocenters. The maximum atomic E-state index is 12.1. The maximum Gasteiger partial charge on any atom is 0.319 e. The van der Waals surface area contributed by atoms with Gasteiger partial charge in [-0.1, -0.05) is 59.6 Å². The van der Waals surface area contributed by atoms with Gasteiger partial charge in [-0.3, -0.25) is 9.59 Å². The number of halogens is 2. The third-order valence-electron chi connectivity index (χ3n) is 6.10. The van der Waals surface area contributed by atoms with Crippen molar-refractivity contribution in [2.75, 3.05) is 37.8 Å². The van der Waals surface area contributed by atoms with Gasteiger partial charge in [-0.15, -0.1) is 0 Å². The van der Waals surface area contributed by atoms with Gasteiger partial charge in [-0.2, -0.15) is 0 Å². The zero-order chi connectivity index (χ0) is 31.8. The number of benzene rings is 2. The molecule has 0 heterocycles. The number of carbonyl (C=O) groups excluding carboxylic acids is 4. The summed E-state index contributed by atoms with van der Waals surface area (Å²) in [6.07, 6.45) is 1.53. The summed E-state index contributed by atoms with van der Waals surface area (Å²) < 4.78 is 1.91. The van der Waals surface area contributed by atoms with Gasteiger partial charge in [0.25, 0.3) is 0 Å². The lowest BCUT2D eigenvalue weighted by Gasteiger charge is -2.22. The minimum absolute atomic E-state index is 0.0395. The summed E-state index contributed by atoms with van der Waals surface area (Å²) in [6.45, 7) is 10.5. The molecule has 0 spiro atoms. The monoisotopic (exact) mass is 709 g/mol. The van der Waals surface area contributed by atoms with Crippen LogP contribution in [0.5, 0.6) is 0 Å². The minimum Gasteiger partial charge on any atom is -0.349 e. The first-order chi connectivity index (χ1) is 19.7. The number of Topliss-reactive ketones (excluding diaryl/α,β-unsaturated/α-hetero) is 1. The van der Waals surface area contributed by atoms with Crippen LogP contribution in [-0.4, -0.2) is 55.8 Å². The smallest absolute Gasteiger partial charge is 0.319 e. The van der Waals surface area contributed by atoms with E-state index in [-0.39, 0.29) is 35.6 Å². The van der Waals surface area contributed by atoms with E-state index in [1.165, 1.54) is 0 Å². The van der Waals surface area contributed by atoms with E-state index in [0.29, 0.717) is 36.3 Å². The van der Waals surface area contributed by atoms with Crippen molar-refractivity contribution in [3.8, 4) is 0 Å². The molecule has 0 aromatic heterocycles. The molecule has 0 fully saturated rings. The quantitative estimate of drug-likeness (QED) is 0.187. The second kappa shape index (κ2) is 19.3. The van der Waals surface area contributed by atoms with Gasteiger partial charge < -0.3 is 26.2 Å². The first-order valence-corrected chi connectivity index (χ1v) is 15.6. The summed E-state index contributed by atoms with van der Waals surface area (Å²) in [4.78, 5) is 48.9. The normalized spacial score (nSPS) is 12.0. The third-order valence-corrected chi connectivity index (χ3v) is 7.16. The van der Waals surface area contributed by atoms with E-state index < -0.39 is 0 Å². The standard InChI is InChI=1S/C16H24BrN3O2.C15H21BrN2O2/c1-11(2)9-12(15(21)20(3)4)10-18-16(22)19-14-7-5-13(17)6-8-14;1-10(2)8-12(11(3)19)9-17-15(20)18-14-6-4-13(16)5-7-14/h5-8,11-12H,9-10H2,1-4H3,(H2,18,19,22);4-7,10,12H,8-9H2,1-3H3,(H2,17,18,20). The van der Waals surface area contributed by atoms with Crippen LogP contribution >= 0.6 is 31.9 Å². The lowest BCUT2D eigenvalue weighted by atomic mass is 9.94. The Bertz CT molecular complexity index is 1140. The molecule has 2 aromatic rings. The number of nitrogens with one attached hydrogen (secondary N) is 4. The molecule has 42 heavy (non-hydrogen) atoms. The number of amides is 5. The zero-order valence-electron chi connectivity index (χ0n) is 25.6. The Labute approximate surface area is 267 Å². The van der Waals surface area contributed by atoms with Gasteiger partial charge in [-0.05, 0) is 80.1 Å². The highest BCUT2D eigenvalue weighted by Gasteiger charge is 2.22. The number of hydrogen-bond acceptors (Lipinski definition) is 4. The van der Waals surface area contributed by atoms with Gasteiger partial charge in [0.15, 0.2) is 0 Å². The molecule has 0 saturated heterocycles. The molecule has 0 radical (unpaired) electrons. The Balaban J connectivity index is 0.000000422. The van der Waals surface area contributed by atoms with Crippen molar-refractivity contribution in [2.24, 2.45) is 23.7 Å². The first kappa shape index (κ1) is 37.1. The third kappa shape index (κ3) is 15.9. The number of ketones is 1. The van der Waals surface area contributed by atoms with E-state index >= 15 is 0 Å². The largest absolute Gasteiger partial charge is 0.349 e. The van der Waals surface area contributed by atoms with Crippen LogP contribution in [0.2, 0.25) is 0 Å². The second-order valence-electron chi connectivity index (χ2n) is 11.2. The predicted molar refractivity (Wildman–Crippen MR) is 178 cm³/mol. The summed E-state index contributed by atoms with van der Waals surface area (Å²) in [5, 5.41) is 11.0. The fraction of sp³-hybridized carbons (Fsp3) is 0.484. The summed E-state index contributed by atoms with van der Waals surface area (Å²) in [5.74, 6) is 0.655. The first-order valence-electron chi connectivity index (χ1n) is 14.0. The van der Waals surface area contributed by atoms with Crippen LogP contribution in [0.4, 0.5) is 21.0 Å². The second-order valence-corrected chi connectivity index (χ2v) is 13.0. The van der Waals surface area contributed by atoms with Crippen LogP contribution < -0.4 is 21.3 Å². The molecule has 0 saturated carbocycles. The molecule has 0 aliphatic heterocycles. The highest BCUT2D eigenvalue weighted by molar-refractivity contribution is 9.10. The van der Waals surface area contributed by atoms with E-state index in [9.17, 15) is 19.2 Å². The Kier molecular flexibility index (Phi) is 17.1. The molecule has 0 bridgehead atoms. The molecule has 11 heteroatoms. The van der Waals surface area contributed by atoms with Crippen molar-refractivity contribution in [1.29, 1.82) is 0 Å². The number of nitrogens with zero attached hydrogens (tertiary/aromatic N) is 1. The van der Waals surface area contributed by atoms with Gasteiger partial charge in [0.2, 0.25) is 5.91 Å². The number of rotatable bonds is 12.